The number of carbonyl (C=O) groups is 2. The summed E-state index contributed by atoms with van der Waals surface area (Å²) in [5.74, 6) is -0.751. The number of nitrogens with one attached hydrogen (secondary N) is 2. The highest BCUT2D eigenvalue weighted by Crippen LogP contribution is 2.41. The van der Waals surface area contributed by atoms with Gasteiger partial charge in [-0.3, -0.25) is 9.59 Å². The number of carbonyl (C=O) groups excluding carboxylic acids is 2. The maximum Gasteiger partial charge on any atom is 0.287 e. The molecule has 168 valence electrons. The molecule has 0 aliphatic heterocycles. The van der Waals surface area contributed by atoms with Gasteiger partial charge >= 0.3 is 0 Å². The lowest BCUT2D eigenvalue weighted by Crippen LogP contribution is -2.32. The summed E-state index contributed by atoms with van der Waals surface area (Å²) in [6.45, 7) is 0. The number of amides is 2. The number of benzene rings is 3. The van der Waals surface area contributed by atoms with E-state index < -0.39 is 11.8 Å². The van der Waals surface area contributed by atoms with Crippen molar-refractivity contribution in [1.29, 1.82) is 0 Å². The summed E-state index contributed by atoms with van der Waals surface area (Å²) < 4.78 is 6.13. The van der Waals surface area contributed by atoms with Gasteiger partial charge in [0, 0.05) is 11.1 Å². The molecule has 0 aliphatic rings. The molecule has 2 amide bonds. The molecule has 7 nitrogen and oxygen atoms in total. The van der Waals surface area contributed by atoms with Crippen LogP contribution in [0.3, 0.4) is 0 Å². The molecule has 0 saturated heterocycles. The Morgan fingerprint density at radius 2 is 1.67 bits per heavy atom. The average Bonchev–Trinajstić information content (AvgIpc) is 2.83. The molecular formula is C24H19Br2N3O4. The van der Waals surface area contributed by atoms with Gasteiger partial charge in [-0.25, -0.2) is 5.43 Å². The van der Waals surface area contributed by atoms with Crippen LogP contribution in [0.2, 0.25) is 0 Å². The summed E-state index contributed by atoms with van der Waals surface area (Å²) in [7, 11) is 1.47. The second kappa shape index (κ2) is 11.4. The van der Waals surface area contributed by atoms with Crippen molar-refractivity contribution in [2.45, 2.75) is 0 Å². The van der Waals surface area contributed by atoms with Crippen molar-refractivity contribution in [2.24, 2.45) is 5.10 Å². The third-order valence-electron chi connectivity index (χ3n) is 4.39. The number of nitrogens with zero attached hydrogens (tertiary/aromatic N) is 1. The van der Waals surface area contributed by atoms with Gasteiger partial charge in [-0.2, -0.15) is 5.10 Å². The molecule has 0 bridgehead atoms. The second-order valence-electron chi connectivity index (χ2n) is 6.63. The maximum atomic E-state index is 12.8. The zero-order chi connectivity index (χ0) is 23.8. The number of aromatic hydroxyl groups is 1. The number of phenolic OH excluding ortho intramolecular Hbond substituents is 1. The van der Waals surface area contributed by atoms with Crippen molar-refractivity contribution >= 4 is 56.0 Å². The fourth-order valence-electron chi connectivity index (χ4n) is 2.77. The Hall–Kier alpha value is -3.43. The highest BCUT2D eigenvalue weighted by atomic mass is 79.9. The quantitative estimate of drug-likeness (QED) is 0.214. The summed E-state index contributed by atoms with van der Waals surface area (Å²) in [6, 6.07) is 19.2. The SMILES string of the molecule is COc1c(Br)cc(/C=N\NC(=O)/C(=C\c2ccccc2)NC(=O)c2ccccc2)c(O)c1Br. The van der Waals surface area contributed by atoms with Crippen LogP contribution in [-0.2, 0) is 4.79 Å². The van der Waals surface area contributed by atoms with Gasteiger partial charge in [0.05, 0.1) is 17.8 Å². The van der Waals surface area contributed by atoms with Crippen molar-refractivity contribution < 1.29 is 19.4 Å². The largest absolute Gasteiger partial charge is 0.506 e. The molecule has 3 N–H and O–H groups in total. The van der Waals surface area contributed by atoms with E-state index in [1.807, 2.05) is 18.2 Å². The van der Waals surface area contributed by atoms with Crippen LogP contribution in [0.25, 0.3) is 6.08 Å². The molecule has 0 radical (unpaired) electrons. The summed E-state index contributed by atoms with van der Waals surface area (Å²) in [6.07, 6.45) is 2.82. The number of rotatable bonds is 7. The number of phenols is 1. The zero-order valence-electron chi connectivity index (χ0n) is 17.4. The van der Waals surface area contributed by atoms with E-state index in [9.17, 15) is 14.7 Å². The van der Waals surface area contributed by atoms with Gasteiger partial charge in [-0.15, -0.1) is 0 Å². The standard InChI is InChI=1S/C24H19Br2N3O4/c1-33-22-18(25)13-17(21(30)20(22)26)14-27-29-24(32)19(12-15-8-4-2-5-9-15)28-23(31)16-10-6-3-7-11-16/h2-14,30H,1H3,(H,28,31)(H,29,32)/b19-12+,27-14-. The first-order valence-electron chi connectivity index (χ1n) is 9.62. The number of ether oxygens (including phenoxy) is 1. The topological polar surface area (TPSA) is 100 Å². The van der Waals surface area contributed by atoms with E-state index in [2.05, 4.69) is 47.7 Å². The van der Waals surface area contributed by atoms with Gasteiger partial charge in [0.1, 0.15) is 15.9 Å². The third kappa shape index (κ3) is 6.30. The molecule has 0 atom stereocenters. The summed E-state index contributed by atoms with van der Waals surface area (Å²) in [4.78, 5) is 25.4. The van der Waals surface area contributed by atoms with E-state index in [-0.39, 0.29) is 11.4 Å². The van der Waals surface area contributed by atoms with E-state index in [1.165, 1.54) is 13.3 Å². The van der Waals surface area contributed by atoms with E-state index in [0.29, 0.717) is 25.8 Å². The number of hydrazone groups is 1. The van der Waals surface area contributed by atoms with E-state index in [4.69, 9.17) is 4.74 Å². The molecule has 0 saturated carbocycles. The van der Waals surface area contributed by atoms with Gasteiger partial charge in [-0.1, -0.05) is 48.5 Å². The highest BCUT2D eigenvalue weighted by Gasteiger charge is 2.16. The van der Waals surface area contributed by atoms with Crippen molar-refractivity contribution in [2.75, 3.05) is 7.11 Å². The first kappa shape index (κ1) is 24.2. The van der Waals surface area contributed by atoms with Gasteiger partial charge in [0.25, 0.3) is 11.8 Å². The van der Waals surface area contributed by atoms with Crippen LogP contribution in [0.5, 0.6) is 11.5 Å². The van der Waals surface area contributed by atoms with Crippen LogP contribution < -0.4 is 15.5 Å². The second-order valence-corrected chi connectivity index (χ2v) is 8.28. The average molecular weight is 573 g/mol. The van der Waals surface area contributed by atoms with Crippen molar-refractivity contribution in [3.8, 4) is 11.5 Å². The number of hydrogen-bond acceptors (Lipinski definition) is 5. The normalized spacial score (nSPS) is 11.3. The fourth-order valence-corrected chi connectivity index (χ4v) is 4.25. The van der Waals surface area contributed by atoms with Crippen LogP contribution in [0.1, 0.15) is 21.5 Å². The van der Waals surface area contributed by atoms with Crippen LogP contribution in [0.15, 0.2) is 86.5 Å². The van der Waals surface area contributed by atoms with Gasteiger partial charge in [-0.05, 0) is 61.7 Å². The minimum atomic E-state index is -0.634. The van der Waals surface area contributed by atoms with Crippen LogP contribution in [0.4, 0.5) is 0 Å². The maximum absolute atomic E-state index is 12.8. The summed E-state index contributed by atoms with van der Waals surface area (Å²) in [5.41, 5.74) is 3.85. The first-order valence-corrected chi connectivity index (χ1v) is 11.2. The molecule has 0 aromatic heterocycles. The molecule has 0 aliphatic carbocycles. The van der Waals surface area contributed by atoms with E-state index in [1.54, 1.807) is 54.6 Å². The van der Waals surface area contributed by atoms with Crippen molar-refractivity contribution in [3.05, 3.63) is 98.1 Å². The summed E-state index contributed by atoms with van der Waals surface area (Å²) in [5, 5.41) is 16.9. The molecule has 3 aromatic carbocycles. The molecule has 0 fully saturated rings. The Kier molecular flexibility index (Phi) is 8.39. The lowest BCUT2D eigenvalue weighted by molar-refractivity contribution is -0.117. The van der Waals surface area contributed by atoms with Crippen LogP contribution in [0, 0.1) is 0 Å². The Morgan fingerprint density at radius 3 is 2.30 bits per heavy atom. The molecular weight excluding hydrogens is 554 g/mol. The molecule has 0 unspecified atom stereocenters. The Morgan fingerprint density at radius 1 is 1.03 bits per heavy atom. The van der Waals surface area contributed by atoms with Crippen LogP contribution >= 0.6 is 31.9 Å². The summed E-state index contributed by atoms with van der Waals surface area (Å²) >= 11 is 6.61. The molecule has 3 aromatic rings. The predicted octanol–water partition coefficient (Wildman–Crippen LogP) is 4.85. The fraction of sp³-hybridized carbons (Fsp3) is 0.0417. The highest BCUT2D eigenvalue weighted by molar-refractivity contribution is 9.11. The number of halogens is 2. The molecule has 0 heterocycles. The Balaban J connectivity index is 1.82. The molecule has 0 spiro atoms. The monoisotopic (exact) mass is 571 g/mol. The molecule has 33 heavy (non-hydrogen) atoms. The molecule has 9 heteroatoms. The first-order chi connectivity index (χ1) is 15.9. The lowest BCUT2D eigenvalue weighted by Gasteiger charge is -2.10. The van der Waals surface area contributed by atoms with E-state index >= 15 is 0 Å². The van der Waals surface area contributed by atoms with Gasteiger partial charge < -0.3 is 15.2 Å². The zero-order valence-corrected chi connectivity index (χ0v) is 20.6. The predicted molar refractivity (Wildman–Crippen MR) is 134 cm³/mol. The minimum Gasteiger partial charge on any atom is -0.506 e. The number of methoxy groups -OCH3 is 1. The van der Waals surface area contributed by atoms with Crippen LogP contribution in [-0.4, -0.2) is 30.2 Å². The van der Waals surface area contributed by atoms with Gasteiger partial charge in [0.2, 0.25) is 0 Å². The minimum absolute atomic E-state index is 0.00789. The smallest absolute Gasteiger partial charge is 0.287 e. The number of hydrogen-bond donors (Lipinski definition) is 3. The molecule has 3 rings (SSSR count). The van der Waals surface area contributed by atoms with Crippen molar-refractivity contribution in [1.82, 2.24) is 10.7 Å². The van der Waals surface area contributed by atoms with E-state index in [0.717, 1.165) is 5.56 Å². The van der Waals surface area contributed by atoms with Gasteiger partial charge in [0.15, 0.2) is 5.75 Å². The van der Waals surface area contributed by atoms with Crippen molar-refractivity contribution in [3.63, 3.8) is 0 Å². The lowest BCUT2D eigenvalue weighted by atomic mass is 10.1. The Bertz CT molecular complexity index is 1210. The Labute approximate surface area is 207 Å². The third-order valence-corrected chi connectivity index (χ3v) is 5.72.